The summed E-state index contributed by atoms with van der Waals surface area (Å²) in [5.74, 6) is 1.59. The molecule has 1 saturated carbocycles. The molecule has 1 N–H and O–H groups in total. The molecule has 1 amide bonds. The Balaban J connectivity index is 1.29. The normalized spacial score (nSPS) is 28.0. The molecule has 1 saturated heterocycles. The smallest absolute Gasteiger partial charge is 0.262 e. The second-order valence-electron chi connectivity index (χ2n) is 7.50. The highest BCUT2D eigenvalue weighted by atomic mass is 32.2. The zero-order valence-electron chi connectivity index (χ0n) is 14.8. The molecule has 0 aromatic heterocycles. The van der Waals surface area contributed by atoms with E-state index in [0.717, 1.165) is 36.2 Å². The van der Waals surface area contributed by atoms with Gasteiger partial charge in [0, 0.05) is 35.8 Å². The van der Waals surface area contributed by atoms with Crippen molar-refractivity contribution in [3.8, 4) is 5.75 Å². The summed E-state index contributed by atoms with van der Waals surface area (Å²) in [5.41, 5.74) is 0. The highest BCUT2D eigenvalue weighted by Crippen LogP contribution is 2.35. The molecule has 25 heavy (non-hydrogen) atoms. The molecule has 0 bridgehead atoms. The first kappa shape index (κ1) is 17.2. The Hall–Kier alpha value is -1.20. The van der Waals surface area contributed by atoms with Gasteiger partial charge < -0.3 is 10.1 Å². The topological polar surface area (TPSA) is 41.6 Å². The van der Waals surface area contributed by atoms with E-state index < -0.39 is 0 Å². The first-order chi connectivity index (χ1) is 12.3. The number of ether oxygens (including phenoxy) is 1. The maximum atomic E-state index is 12.6. The Labute approximate surface area is 154 Å². The van der Waals surface area contributed by atoms with Crippen LogP contribution in [0.15, 0.2) is 29.2 Å². The van der Waals surface area contributed by atoms with Crippen LogP contribution in [0.4, 0.5) is 0 Å². The molecule has 0 spiro atoms. The zero-order chi connectivity index (χ0) is 17.1. The van der Waals surface area contributed by atoms with Crippen LogP contribution in [0.1, 0.15) is 44.9 Å². The SMILES string of the molecule is O=C(N[C@H]1CCN(C2CCCCCC2)C1)[C@H]1CSc2ccccc2O1. The Morgan fingerprint density at radius 2 is 1.92 bits per heavy atom. The summed E-state index contributed by atoms with van der Waals surface area (Å²) in [5, 5.41) is 3.25. The van der Waals surface area contributed by atoms with Gasteiger partial charge in [-0.3, -0.25) is 9.69 Å². The summed E-state index contributed by atoms with van der Waals surface area (Å²) in [6.45, 7) is 2.13. The fourth-order valence-electron chi connectivity index (χ4n) is 4.30. The van der Waals surface area contributed by atoms with Crippen molar-refractivity contribution in [3.63, 3.8) is 0 Å². The Morgan fingerprint density at radius 3 is 2.76 bits per heavy atom. The number of para-hydroxylation sites is 1. The Morgan fingerprint density at radius 1 is 1.12 bits per heavy atom. The standard InChI is InChI=1S/C20H28N2O2S/c23-20(18-14-25-19-10-6-5-9-17(19)24-18)21-15-11-12-22(13-15)16-7-3-1-2-4-8-16/h5-6,9-10,15-16,18H,1-4,7-8,11-14H2,(H,21,23)/t15-,18+/m0/s1. The van der Waals surface area contributed by atoms with E-state index in [9.17, 15) is 4.79 Å². The maximum absolute atomic E-state index is 12.6. The number of nitrogens with zero attached hydrogens (tertiary/aromatic N) is 1. The molecule has 5 heteroatoms. The third-order valence-electron chi connectivity index (χ3n) is 5.71. The zero-order valence-corrected chi connectivity index (χ0v) is 15.6. The summed E-state index contributed by atoms with van der Waals surface area (Å²) in [6.07, 6.45) is 8.88. The lowest BCUT2D eigenvalue weighted by Crippen LogP contribution is -2.47. The molecular formula is C20H28N2O2S. The quantitative estimate of drug-likeness (QED) is 0.839. The molecule has 1 aliphatic carbocycles. The van der Waals surface area contributed by atoms with Crippen molar-refractivity contribution in [1.82, 2.24) is 10.2 Å². The molecular weight excluding hydrogens is 332 g/mol. The average Bonchev–Trinajstić information content (AvgIpc) is 2.93. The molecule has 2 aliphatic heterocycles. The van der Waals surface area contributed by atoms with Gasteiger partial charge >= 0.3 is 0 Å². The second kappa shape index (κ2) is 8.00. The number of carbonyl (C=O) groups excluding carboxylic acids is 1. The number of benzene rings is 1. The summed E-state index contributed by atoms with van der Waals surface area (Å²) >= 11 is 1.71. The van der Waals surface area contributed by atoms with E-state index in [-0.39, 0.29) is 18.1 Å². The third kappa shape index (κ3) is 4.14. The minimum absolute atomic E-state index is 0.0507. The predicted octanol–water partition coefficient (Wildman–Crippen LogP) is 3.45. The number of amides is 1. The summed E-state index contributed by atoms with van der Waals surface area (Å²) in [6, 6.07) is 8.98. The van der Waals surface area contributed by atoms with Crippen molar-refractivity contribution in [2.75, 3.05) is 18.8 Å². The number of likely N-dealkylation sites (tertiary alicyclic amines) is 1. The van der Waals surface area contributed by atoms with Crippen LogP contribution in [0.5, 0.6) is 5.75 Å². The maximum Gasteiger partial charge on any atom is 0.262 e. The lowest BCUT2D eigenvalue weighted by atomic mass is 10.1. The van der Waals surface area contributed by atoms with E-state index in [4.69, 9.17) is 4.74 Å². The van der Waals surface area contributed by atoms with Gasteiger partial charge in [-0.1, -0.05) is 37.8 Å². The van der Waals surface area contributed by atoms with E-state index in [2.05, 4.69) is 16.3 Å². The largest absolute Gasteiger partial charge is 0.479 e. The van der Waals surface area contributed by atoms with Gasteiger partial charge in [-0.05, 0) is 31.4 Å². The first-order valence-electron chi connectivity index (χ1n) is 9.72. The van der Waals surface area contributed by atoms with Crippen molar-refractivity contribution in [2.45, 2.75) is 68.0 Å². The van der Waals surface area contributed by atoms with Crippen molar-refractivity contribution in [3.05, 3.63) is 24.3 Å². The monoisotopic (exact) mass is 360 g/mol. The summed E-state index contributed by atoms with van der Waals surface area (Å²) in [4.78, 5) is 16.4. The fourth-order valence-corrected chi connectivity index (χ4v) is 5.29. The average molecular weight is 361 g/mol. The Kier molecular flexibility index (Phi) is 5.51. The molecule has 136 valence electrons. The van der Waals surface area contributed by atoms with E-state index >= 15 is 0 Å². The van der Waals surface area contributed by atoms with E-state index in [1.54, 1.807) is 11.8 Å². The molecule has 4 rings (SSSR count). The van der Waals surface area contributed by atoms with Crippen LogP contribution in [-0.2, 0) is 4.79 Å². The van der Waals surface area contributed by atoms with Gasteiger partial charge in [-0.15, -0.1) is 11.8 Å². The number of thioether (sulfide) groups is 1. The van der Waals surface area contributed by atoms with E-state index in [1.165, 1.54) is 38.5 Å². The number of rotatable bonds is 3. The lowest BCUT2D eigenvalue weighted by molar-refractivity contribution is -0.127. The second-order valence-corrected chi connectivity index (χ2v) is 8.56. The minimum Gasteiger partial charge on any atom is -0.479 e. The van der Waals surface area contributed by atoms with Gasteiger partial charge in [-0.2, -0.15) is 0 Å². The van der Waals surface area contributed by atoms with Gasteiger partial charge in [0.25, 0.3) is 5.91 Å². The van der Waals surface area contributed by atoms with E-state index in [0.29, 0.717) is 5.75 Å². The Bertz CT molecular complexity index is 601. The van der Waals surface area contributed by atoms with Gasteiger partial charge in [0.05, 0.1) is 0 Å². The number of nitrogens with one attached hydrogen (secondary N) is 1. The van der Waals surface area contributed by atoms with Gasteiger partial charge in [0.1, 0.15) is 5.75 Å². The van der Waals surface area contributed by atoms with Crippen molar-refractivity contribution < 1.29 is 9.53 Å². The first-order valence-corrected chi connectivity index (χ1v) is 10.7. The number of fused-ring (bicyclic) bond motifs is 1. The van der Waals surface area contributed by atoms with Crippen LogP contribution in [0, 0.1) is 0 Å². The molecule has 0 unspecified atom stereocenters. The number of carbonyl (C=O) groups is 1. The molecule has 2 fully saturated rings. The minimum atomic E-state index is -0.369. The predicted molar refractivity (Wildman–Crippen MR) is 101 cm³/mol. The highest BCUT2D eigenvalue weighted by Gasteiger charge is 2.32. The third-order valence-corrected chi connectivity index (χ3v) is 6.83. The van der Waals surface area contributed by atoms with E-state index in [1.807, 2.05) is 18.2 Å². The van der Waals surface area contributed by atoms with Gasteiger partial charge in [-0.25, -0.2) is 0 Å². The van der Waals surface area contributed by atoms with Crippen LogP contribution in [0.25, 0.3) is 0 Å². The summed E-state index contributed by atoms with van der Waals surface area (Å²) < 4.78 is 5.92. The lowest BCUT2D eigenvalue weighted by Gasteiger charge is -2.28. The van der Waals surface area contributed by atoms with Crippen molar-refractivity contribution in [1.29, 1.82) is 0 Å². The van der Waals surface area contributed by atoms with Gasteiger partial charge in [0.15, 0.2) is 6.10 Å². The fraction of sp³-hybridized carbons (Fsp3) is 0.650. The van der Waals surface area contributed by atoms with Crippen LogP contribution < -0.4 is 10.1 Å². The molecule has 0 radical (unpaired) electrons. The molecule has 3 aliphatic rings. The van der Waals surface area contributed by atoms with Crippen LogP contribution in [0.2, 0.25) is 0 Å². The van der Waals surface area contributed by atoms with Gasteiger partial charge in [0.2, 0.25) is 0 Å². The van der Waals surface area contributed by atoms with Crippen molar-refractivity contribution >= 4 is 17.7 Å². The number of hydrogen-bond donors (Lipinski definition) is 1. The summed E-state index contributed by atoms with van der Waals surface area (Å²) in [7, 11) is 0. The van der Waals surface area contributed by atoms with Crippen LogP contribution in [-0.4, -0.2) is 47.8 Å². The number of hydrogen-bond acceptors (Lipinski definition) is 4. The van der Waals surface area contributed by atoms with Crippen molar-refractivity contribution in [2.24, 2.45) is 0 Å². The molecule has 1 aromatic rings. The highest BCUT2D eigenvalue weighted by molar-refractivity contribution is 7.99. The molecule has 2 heterocycles. The molecule has 1 aromatic carbocycles. The molecule has 2 atom stereocenters. The van der Waals surface area contributed by atoms with Crippen LogP contribution >= 0.6 is 11.8 Å². The van der Waals surface area contributed by atoms with Crippen LogP contribution in [0.3, 0.4) is 0 Å². The molecule has 4 nitrogen and oxygen atoms in total.